The van der Waals surface area contributed by atoms with Crippen LogP contribution in [0.2, 0.25) is 0 Å². The lowest BCUT2D eigenvalue weighted by molar-refractivity contribution is 0.411. The van der Waals surface area contributed by atoms with Crippen LogP contribution in [0.5, 0.6) is 0 Å². The van der Waals surface area contributed by atoms with Crippen LogP contribution in [0.25, 0.3) is 0 Å². The van der Waals surface area contributed by atoms with Crippen LogP contribution >= 0.6 is 0 Å². The number of hydrogen-bond acceptors (Lipinski definition) is 1. The quantitative estimate of drug-likeness (QED) is 0.530. The topological polar surface area (TPSA) is 24.4 Å². The molecule has 0 spiro atoms. The fourth-order valence-corrected chi connectivity index (χ4v) is 1.45. The maximum Gasteiger partial charge on any atom is 0.0978 e. The number of amidine groups is 1. The van der Waals surface area contributed by atoms with Gasteiger partial charge in [0.25, 0.3) is 0 Å². The highest BCUT2D eigenvalue weighted by atomic mass is 15.1. The highest BCUT2D eigenvalue weighted by molar-refractivity contribution is 5.83. The van der Waals surface area contributed by atoms with Gasteiger partial charge in [0, 0.05) is 12.0 Å². The van der Waals surface area contributed by atoms with Crippen LogP contribution < -0.4 is 5.32 Å². The minimum absolute atomic E-state index is 0.0150. The maximum absolute atomic E-state index is 4.79. The van der Waals surface area contributed by atoms with E-state index in [1.165, 1.54) is 0 Å². The van der Waals surface area contributed by atoms with Crippen molar-refractivity contribution < 1.29 is 0 Å². The van der Waals surface area contributed by atoms with E-state index in [0.717, 1.165) is 12.3 Å². The SMILES string of the molecule is CC(C)(C)CC(=NC(C)(C)C)NC(C)(C)C. The molecule has 0 amide bonds. The van der Waals surface area contributed by atoms with E-state index in [4.69, 9.17) is 4.99 Å². The molecule has 16 heavy (non-hydrogen) atoms. The van der Waals surface area contributed by atoms with E-state index in [0.29, 0.717) is 0 Å². The number of nitrogens with one attached hydrogen (secondary N) is 1. The molecule has 0 aliphatic rings. The summed E-state index contributed by atoms with van der Waals surface area (Å²) >= 11 is 0. The molecular weight excluding hydrogens is 196 g/mol. The number of rotatable bonds is 1. The summed E-state index contributed by atoms with van der Waals surface area (Å²) in [7, 11) is 0. The zero-order valence-corrected chi connectivity index (χ0v) is 12.7. The molecule has 2 heteroatoms. The third kappa shape index (κ3) is 10.0. The summed E-state index contributed by atoms with van der Waals surface area (Å²) in [6, 6.07) is 0. The average Bonchev–Trinajstić information content (AvgIpc) is 1.70. The van der Waals surface area contributed by atoms with Crippen LogP contribution in [-0.4, -0.2) is 16.9 Å². The van der Waals surface area contributed by atoms with Crippen molar-refractivity contribution in [3.05, 3.63) is 0 Å². The zero-order valence-electron chi connectivity index (χ0n) is 12.7. The van der Waals surface area contributed by atoms with E-state index in [9.17, 15) is 0 Å². The van der Waals surface area contributed by atoms with Crippen LogP contribution in [0, 0.1) is 5.41 Å². The first-order valence-electron chi connectivity index (χ1n) is 6.15. The van der Waals surface area contributed by atoms with Gasteiger partial charge >= 0.3 is 0 Å². The summed E-state index contributed by atoms with van der Waals surface area (Å²) in [6.07, 6.45) is 0.988. The normalized spacial score (nSPS) is 15.2. The highest BCUT2D eigenvalue weighted by Crippen LogP contribution is 2.21. The van der Waals surface area contributed by atoms with Crippen LogP contribution in [0.15, 0.2) is 4.99 Å². The second-order valence-corrected chi connectivity index (χ2v) is 7.84. The molecule has 1 N–H and O–H groups in total. The highest BCUT2D eigenvalue weighted by Gasteiger charge is 2.20. The predicted molar refractivity (Wildman–Crippen MR) is 74.1 cm³/mol. The van der Waals surface area contributed by atoms with Gasteiger partial charge in [-0.1, -0.05) is 20.8 Å². The van der Waals surface area contributed by atoms with E-state index < -0.39 is 0 Å². The number of nitrogens with zero attached hydrogens (tertiary/aromatic N) is 1. The summed E-state index contributed by atoms with van der Waals surface area (Å²) in [5, 5.41) is 3.52. The van der Waals surface area contributed by atoms with Gasteiger partial charge in [0.15, 0.2) is 0 Å². The van der Waals surface area contributed by atoms with Gasteiger partial charge < -0.3 is 5.32 Å². The maximum atomic E-state index is 4.79. The van der Waals surface area contributed by atoms with Gasteiger partial charge in [-0.05, 0) is 47.0 Å². The third-order valence-corrected chi connectivity index (χ3v) is 1.69. The van der Waals surface area contributed by atoms with Crippen LogP contribution in [0.1, 0.15) is 68.7 Å². The molecule has 0 radical (unpaired) electrons. The monoisotopic (exact) mass is 226 g/mol. The predicted octanol–water partition coefficient (Wildman–Crippen LogP) is 4.01. The van der Waals surface area contributed by atoms with Crippen molar-refractivity contribution in [1.29, 1.82) is 0 Å². The van der Waals surface area contributed by atoms with E-state index in [1.807, 2.05) is 0 Å². The smallest absolute Gasteiger partial charge is 0.0978 e. The molecule has 0 aromatic heterocycles. The minimum Gasteiger partial charge on any atom is -0.369 e. The lowest BCUT2D eigenvalue weighted by atomic mass is 9.90. The van der Waals surface area contributed by atoms with Gasteiger partial charge in [-0.3, -0.25) is 4.99 Å². The number of aliphatic imine (C=N–C) groups is 1. The van der Waals surface area contributed by atoms with Gasteiger partial charge in [-0.25, -0.2) is 0 Å². The Kier molecular flexibility index (Phi) is 4.61. The fourth-order valence-electron chi connectivity index (χ4n) is 1.45. The lowest BCUT2D eigenvalue weighted by Gasteiger charge is -2.29. The average molecular weight is 226 g/mol. The molecule has 0 aromatic rings. The standard InChI is InChI=1S/C14H30N2/c1-12(2,3)10-11(15-13(4,5)6)16-14(7,8)9/h10H2,1-9H3,(H,15,16). The molecule has 0 rings (SSSR count). The molecule has 0 aliphatic carbocycles. The van der Waals surface area contributed by atoms with Gasteiger partial charge in [0.1, 0.15) is 0 Å². The molecule has 96 valence electrons. The Morgan fingerprint density at radius 1 is 0.875 bits per heavy atom. The summed E-state index contributed by atoms with van der Waals surface area (Å²) in [6.45, 7) is 19.7. The Hall–Kier alpha value is -0.530. The van der Waals surface area contributed by atoms with Crippen molar-refractivity contribution in [3.8, 4) is 0 Å². The molecule has 0 unspecified atom stereocenters. The second kappa shape index (κ2) is 4.77. The Morgan fingerprint density at radius 3 is 1.56 bits per heavy atom. The molecule has 0 bridgehead atoms. The van der Waals surface area contributed by atoms with Gasteiger partial charge in [-0.15, -0.1) is 0 Å². The molecular formula is C14H30N2. The van der Waals surface area contributed by atoms with Crippen molar-refractivity contribution in [2.45, 2.75) is 79.8 Å². The summed E-state index contributed by atoms with van der Waals surface area (Å²) in [4.78, 5) is 4.79. The zero-order chi connectivity index (χ0) is 13.2. The van der Waals surface area contributed by atoms with Crippen molar-refractivity contribution in [2.75, 3.05) is 0 Å². The summed E-state index contributed by atoms with van der Waals surface area (Å²) in [5.74, 6) is 1.12. The Balaban J connectivity index is 4.87. The minimum atomic E-state index is -0.0150. The second-order valence-electron chi connectivity index (χ2n) is 7.84. The summed E-state index contributed by atoms with van der Waals surface area (Å²) < 4.78 is 0. The fraction of sp³-hybridized carbons (Fsp3) is 0.929. The molecule has 0 saturated carbocycles. The van der Waals surface area contributed by atoms with Gasteiger partial charge in [0.2, 0.25) is 0 Å². The first-order chi connectivity index (χ1) is 6.79. The first kappa shape index (κ1) is 15.5. The molecule has 0 fully saturated rings. The van der Waals surface area contributed by atoms with E-state index in [1.54, 1.807) is 0 Å². The van der Waals surface area contributed by atoms with Crippen molar-refractivity contribution in [2.24, 2.45) is 10.4 Å². The molecule has 0 aliphatic heterocycles. The lowest BCUT2D eigenvalue weighted by Crippen LogP contribution is -2.43. The molecule has 0 atom stereocenters. The third-order valence-electron chi connectivity index (χ3n) is 1.69. The van der Waals surface area contributed by atoms with E-state index in [-0.39, 0.29) is 16.5 Å². The van der Waals surface area contributed by atoms with Crippen molar-refractivity contribution in [3.63, 3.8) is 0 Å². The van der Waals surface area contributed by atoms with Gasteiger partial charge in [0.05, 0.1) is 11.4 Å². The molecule has 0 saturated heterocycles. The van der Waals surface area contributed by atoms with Crippen molar-refractivity contribution >= 4 is 5.84 Å². The molecule has 0 aromatic carbocycles. The van der Waals surface area contributed by atoms with Crippen LogP contribution in [0.4, 0.5) is 0 Å². The van der Waals surface area contributed by atoms with E-state index >= 15 is 0 Å². The number of hydrogen-bond donors (Lipinski definition) is 1. The Labute approximate surface area is 102 Å². The molecule has 2 nitrogen and oxygen atoms in total. The first-order valence-corrected chi connectivity index (χ1v) is 6.15. The largest absolute Gasteiger partial charge is 0.369 e. The van der Waals surface area contributed by atoms with Crippen LogP contribution in [-0.2, 0) is 0 Å². The Morgan fingerprint density at radius 2 is 1.31 bits per heavy atom. The molecule has 0 heterocycles. The van der Waals surface area contributed by atoms with Crippen LogP contribution in [0.3, 0.4) is 0 Å². The summed E-state index contributed by atoms with van der Waals surface area (Å²) in [5.41, 5.74) is 0.330. The van der Waals surface area contributed by atoms with Crippen molar-refractivity contribution in [1.82, 2.24) is 5.32 Å². The van der Waals surface area contributed by atoms with Gasteiger partial charge in [-0.2, -0.15) is 0 Å². The Bertz CT molecular complexity index is 225. The van der Waals surface area contributed by atoms with E-state index in [2.05, 4.69) is 67.6 Å².